The third kappa shape index (κ3) is 3.54. The van der Waals surface area contributed by atoms with Crippen molar-refractivity contribution < 1.29 is 13.5 Å². The van der Waals surface area contributed by atoms with Gasteiger partial charge in [-0.15, -0.1) is 0 Å². The SMILES string of the molecule is CNC(C)c1ccc(OCc2ccc(F)c(F)c2)cc1. The van der Waals surface area contributed by atoms with Crippen LogP contribution in [-0.4, -0.2) is 7.05 Å². The Morgan fingerprint density at radius 2 is 1.75 bits per heavy atom. The summed E-state index contributed by atoms with van der Waals surface area (Å²) in [5, 5.41) is 3.15. The van der Waals surface area contributed by atoms with E-state index in [0.717, 1.165) is 17.7 Å². The minimum absolute atomic E-state index is 0.206. The van der Waals surface area contributed by atoms with Crippen LogP contribution in [0.25, 0.3) is 0 Å². The number of nitrogens with one attached hydrogen (secondary N) is 1. The lowest BCUT2D eigenvalue weighted by Gasteiger charge is -2.12. The van der Waals surface area contributed by atoms with Gasteiger partial charge < -0.3 is 10.1 Å². The molecule has 0 aliphatic rings. The summed E-state index contributed by atoms with van der Waals surface area (Å²) < 4.78 is 31.4. The number of ether oxygens (including phenoxy) is 1. The largest absolute Gasteiger partial charge is 0.489 e. The first-order valence-electron chi connectivity index (χ1n) is 6.44. The summed E-state index contributed by atoms with van der Waals surface area (Å²) in [6, 6.07) is 11.7. The monoisotopic (exact) mass is 277 g/mol. The minimum Gasteiger partial charge on any atom is -0.489 e. The van der Waals surface area contributed by atoms with Gasteiger partial charge >= 0.3 is 0 Å². The van der Waals surface area contributed by atoms with Gasteiger partial charge in [0.1, 0.15) is 12.4 Å². The molecule has 0 radical (unpaired) electrons. The van der Waals surface area contributed by atoms with Crippen LogP contribution >= 0.6 is 0 Å². The first-order valence-corrected chi connectivity index (χ1v) is 6.44. The summed E-state index contributed by atoms with van der Waals surface area (Å²) in [6.45, 7) is 2.27. The van der Waals surface area contributed by atoms with E-state index in [-0.39, 0.29) is 12.6 Å². The highest BCUT2D eigenvalue weighted by atomic mass is 19.2. The van der Waals surface area contributed by atoms with Crippen LogP contribution < -0.4 is 10.1 Å². The number of benzene rings is 2. The average molecular weight is 277 g/mol. The summed E-state index contributed by atoms with van der Waals surface area (Å²) in [5.41, 5.74) is 1.75. The Labute approximate surface area is 117 Å². The van der Waals surface area contributed by atoms with Gasteiger partial charge in [0.05, 0.1) is 0 Å². The van der Waals surface area contributed by atoms with E-state index in [4.69, 9.17) is 4.74 Å². The molecule has 0 amide bonds. The van der Waals surface area contributed by atoms with Crippen LogP contribution in [0, 0.1) is 11.6 Å². The fourth-order valence-electron chi connectivity index (χ4n) is 1.82. The van der Waals surface area contributed by atoms with Crippen LogP contribution in [-0.2, 0) is 6.61 Å². The lowest BCUT2D eigenvalue weighted by molar-refractivity contribution is 0.305. The number of hydrogen-bond donors (Lipinski definition) is 1. The fraction of sp³-hybridized carbons (Fsp3) is 0.250. The molecule has 2 rings (SSSR count). The molecule has 0 aromatic heterocycles. The van der Waals surface area contributed by atoms with Crippen molar-refractivity contribution >= 4 is 0 Å². The molecule has 0 spiro atoms. The van der Waals surface area contributed by atoms with Gasteiger partial charge in [0.15, 0.2) is 11.6 Å². The molecule has 0 fully saturated rings. The van der Waals surface area contributed by atoms with Crippen molar-refractivity contribution in [2.75, 3.05) is 7.05 Å². The van der Waals surface area contributed by atoms with Crippen molar-refractivity contribution in [2.45, 2.75) is 19.6 Å². The van der Waals surface area contributed by atoms with E-state index in [0.29, 0.717) is 11.3 Å². The van der Waals surface area contributed by atoms with Crippen LogP contribution in [0.5, 0.6) is 5.75 Å². The molecular weight excluding hydrogens is 260 g/mol. The highest BCUT2D eigenvalue weighted by Crippen LogP contribution is 2.18. The molecule has 0 bridgehead atoms. The molecule has 0 saturated carbocycles. The molecule has 0 aliphatic carbocycles. The maximum Gasteiger partial charge on any atom is 0.159 e. The molecule has 1 atom stereocenters. The second-order valence-electron chi connectivity index (χ2n) is 4.62. The summed E-state index contributed by atoms with van der Waals surface area (Å²) >= 11 is 0. The predicted molar refractivity (Wildman–Crippen MR) is 74.6 cm³/mol. The van der Waals surface area contributed by atoms with E-state index >= 15 is 0 Å². The van der Waals surface area contributed by atoms with E-state index in [2.05, 4.69) is 12.2 Å². The highest BCUT2D eigenvalue weighted by molar-refractivity contribution is 5.29. The van der Waals surface area contributed by atoms with Crippen molar-refractivity contribution in [3.05, 3.63) is 65.2 Å². The van der Waals surface area contributed by atoms with Gasteiger partial charge in [-0.1, -0.05) is 18.2 Å². The van der Waals surface area contributed by atoms with Crippen LogP contribution in [0.3, 0.4) is 0 Å². The first kappa shape index (κ1) is 14.5. The van der Waals surface area contributed by atoms with Gasteiger partial charge in [-0.3, -0.25) is 0 Å². The molecular formula is C16H17F2NO. The Bertz CT molecular complexity index is 569. The Kier molecular flexibility index (Phi) is 4.69. The topological polar surface area (TPSA) is 21.3 Å². The molecule has 2 nitrogen and oxygen atoms in total. The van der Waals surface area contributed by atoms with Gasteiger partial charge in [0, 0.05) is 6.04 Å². The number of rotatable bonds is 5. The van der Waals surface area contributed by atoms with Gasteiger partial charge in [0.2, 0.25) is 0 Å². The quantitative estimate of drug-likeness (QED) is 0.897. The lowest BCUT2D eigenvalue weighted by atomic mass is 10.1. The number of halogens is 2. The summed E-state index contributed by atoms with van der Waals surface area (Å²) in [6.07, 6.45) is 0. The third-order valence-electron chi connectivity index (χ3n) is 3.20. The molecule has 4 heteroatoms. The third-order valence-corrected chi connectivity index (χ3v) is 3.20. The Morgan fingerprint density at radius 3 is 2.35 bits per heavy atom. The van der Waals surface area contributed by atoms with Crippen LogP contribution in [0.4, 0.5) is 8.78 Å². The molecule has 20 heavy (non-hydrogen) atoms. The standard InChI is InChI=1S/C16H17F2NO/c1-11(19-2)13-4-6-14(7-5-13)20-10-12-3-8-15(17)16(18)9-12/h3-9,11,19H,10H2,1-2H3. The summed E-state index contributed by atoms with van der Waals surface area (Å²) in [4.78, 5) is 0. The zero-order chi connectivity index (χ0) is 14.5. The smallest absolute Gasteiger partial charge is 0.159 e. The number of hydrogen-bond acceptors (Lipinski definition) is 2. The van der Waals surface area contributed by atoms with Crippen molar-refractivity contribution in [2.24, 2.45) is 0 Å². The van der Waals surface area contributed by atoms with Gasteiger partial charge in [-0.25, -0.2) is 8.78 Å². The van der Waals surface area contributed by atoms with Crippen molar-refractivity contribution in [1.82, 2.24) is 5.32 Å². The lowest BCUT2D eigenvalue weighted by Crippen LogP contribution is -2.11. The van der Waals surface area contributed by atoms with Gasteiger partial charge in [-0.05, 0) is 49.4 Å². The second kappa shape index (κ2) is 6.48. The molecule has 0 aliphatic heterocycles. The first-order chi connectivity index (χ1) is 9.60. The van der Waals surface area contributed by atoms with E-state index in [1.165, 1.54) is 6.07 Å². The Balaban J connectivity index is 1.98. The van der Waals surface area contributed by atoms with Gasteiger partial charge in [0.25, 0.3) is 0 Å². The molecule has 1 unspecified atom stereocenters. The van der Waals surface area contributed by atoms with Crippen molar-refractivity contribution in [3.8, 4) is 5.75 Å². The maximum absolute atomic E-state index is 13.0. The highest BCUT2D eigenvalue weighted by Gasteiger charge is 2.04. The normalized spacial score (nSPS) is 12.2. The molecule has 106 valence electrons. The second-order valence-corrected chi connectivity index (χ2v) is 4.62. The van der Waals surface area contributed by atoms with E-state index in [9.17, 15) is 8.78 Å². The molecule has 1 N–H and O–H groups in total. The van der Waals surface area contributed by atoms with Crippen LogP contribution in [0.1, 0.15) is 24.1 Å². The van der Waals surface area contributed by atoms with Crippen molar-refractivity contribution in [1.29, 1.82) is 0 Å². The Hall–Kier alpha value is -1.94. The molecule has 2 aromatic carbocycles. The average Bonchev–Trinajstić information content (AvgIpc) is 2.48. The minimum atomic E-state index is -0.857. The van der Waals surface area contributed by atoms with E-state index < -0.39 is 11.6 Å². The maximum atomic E-state index is 13.0. The Morgan fingerprint density at radius 1 is 1.05 bits per heavy atom. The molecule has 2 aromatic rings. The molecule has 0 saturated heterocycles. The van der Waals surface area contributed by atoms with Crippen LogP contribution in [0.2, 0.25) is 0 Å². The predicted octanol–water partition coefficient (Wildman–Crippen LogP) is 3.82. The zero-order valence-electron chi connectivity index (χ0n) is 11.5. The van der Waals surface area contributed by atoms with E-state index in [1.807, 2.05) is 31.3 Å². The van der Waals surface area contributed by atoms with Gasteiger partial charge in [-0.2, -0.15) is 0 Å². The summed E-state index contributed by atoms with van der Waals surface area (Å²) in [5.74, 6) is -1.01. The summed E-state index contributed by atoms with van der Waals surface area (Å²) in [7, 11) is 1.90. The van der Waals surface area contributed by atoms with Crippen LogP contribution in [0.15, 0.2) is 42.5 Å². The fourth-order valence-corrected chi connectivity index (χ4v) is 1.82. The molecule has 0 heterocycles. The van der Waals surface area contributed by atoms with Crippen molar-refractivity contribution in [3.63, 3.8) is 0 Å². The van der Waals surface area contributed by atoms with E-state index in [1.54, 1.807) is 0 Å². The zero-order valence-corrected chi connectivity index (χ0v) is 11.5.